The summed E-state index contributed by atoms with van der Waals surface area (Å²) in [7, 11) is 0. The molecule has 0 saturated carbocycles. The molecule has 0 amide bonds. The maximum Gasteiger partial charge on any atom is 0.387 e. The lowest BCUT2D eigenvalue weighted by atomic mass is 10.1. The second kappa shape index (κ2) is 5.65. The second-order valence-electron chi connectivity index (χ2n) is 3.56. The lowest BCUT2D eigenvalue weighted by molar-refractivity contribution is -0.0498. The molecule has 0 aliphatic heterocycles. The molecule has 0 fully saturated rings. The number of rotatable bonds is 4. The van der Waals surface area contributed by atoms with Crippen LogP contribution in [0.15, 0.2) is 35.7 Å². The van der Waals surface area contributed by atoms with Gasteiger partial charge in [-0.3, -0.25) is 0 Å². The molecule has 0 aliphatic carbocycles. The van der Waals surface area contributed by atoms with E-state index in [9.17, 15) is 8.78 Å². The van der Waals surface area contributed by atoms with Crippen molar-refractivity contribution in [2.75, 3.05) is 0 Å². The molecule has 2 aromatic rings. The number of nitrogens with two attached hydrogens (primary N) is 1. The Morgan fingerprint density at radius 2 is 1.83 bits per heavy atom. The fraction of sp³-hybridized carbons (Fsp3) is 0.167. The first kappa shape index (κ1) is 13.3. The highest BCUT2D eigenvalue weighted by molar-refractivity contribution is 7.10. The van der Waals surface area contributed by atoms with Crippen LogP contribution in [-0.4, -0.2) is 6.61 Å². The second-order valence-corrected chi connectivity index (χ2v) is 4.91. The fourth-order valence-corrected chi connectivity index (χ4v) is 2.74. The minimum atomic E-state index is -2.82. The lowest BCUT2D eigenvalue weighted by Gasteiger charge is -2.12. The Labute approximate surface area is 112 Å². The van der Waals surface area contributed by atoms with E-state index in [1.807, 2.05) is 5.38 Å². The van der Waals surface area contributed by atoms with E-state index in [0.29, 0.717) is 5.02 Å². The van der Waals surface area contributed by atoms with Gasteiger partial charge < -0.3 is 10.5 Å². The van der Waals surface area contributed by atoms with Crippen molar-refractivity contribution in [3.8, 4) is 5.75 Å². The molecule has 96 valence electrons. The van der Waals surface area contributed by atoms with Gasteiger partial charge in [-0.15, -0.1) is 11.3 Å². The third-order valence-electron chi connectivity index (χ3n) is 2.39. The van der Waals surface area contributed by atoms with Gasteiger partial charge in [-0.25, -0.2) is 0 Å². The van der Waals surface area contributed by atoms with E-state index >= 15 is 0 Å². The molecular weight excluding hydrogens is 280 g/mol. The zero-order valence-corrected chi connectivity index (χ0v) is 10.7. The van der Waals surface area contributed by atoms with Crippen LogP contribution in [0.3, 0.4) is 0 Å². The summed E-state index contributed by atoms with van der Waals surface area (Å²) >= 11 is 7.45. The van der Waals surface area contributed by atoms with Crippen molar-refractivity contribution in [3.63, 3.8) is 0 Å². The predicted octanol–water partition coefficient (Wildman–Crippen LogP) is 4.05. The number of thiophene rings is 1. The van der Waals surface area contributed by atoms with E-state index in [-0.39, 0.29) is 11.8 Å². The first-order valence-corrected chi connectivity index (χ1v) is 6.37. The van der Waals surface area contributed by atoms with Gasteiger partial charge in [-0.1, -0.05) is 23.7 Å². The van der Waals surface area contributed by atoms with Crippen LogP contribution in [0.1, 0.15) is 16.5 Å². The fourth-order valence-electron chi connectivity index (χ4n) is 1.54. The molecule has 0 saturated heterocycles. The Hall–Kier alpha value is -1.17. The summed E-state index contributed by atoms with van der Waals surface area (Å²) in [5, 5.41) is 2.46. The third-order valence-corrected chi connectivity index (χ3v) is 3.83. The van der Waals surface area contributed by atoms with Crippen LogP contribution in [0.2, 0.25) is 5.02 Å². The van der Waals surface area contributed by atoms with Crippen LogP contribution in [0.5, 0.6) is 5.75 Å². The van der Waals surface area contributed by atoms with Crippen molar-refractivity contribution in [2.45, 2.75) is 12.7 Å². The van der Waals surface area contributed by atoms with Gasteiger partial charge in [0, 0.05) is 4.88 Å². The van der Waals surface area contributed by atoms with Crippen molar-refractivity contribution in [1.82, 2.24) is 0 Å². The topological polar surface area (TPSA) is 35.2 Å². The molecule has 1 aromatic heterocycles. The van der Waals surface area contributed by atoms with Crippen molar-refractivity contribution in [1.29, 1.82) is 0 Å². The zero-order chi connectivity index (χ0) is 13.1. The summed E-state index contributed by atoms with van der Waals surface area (Å²) in [6.45, 7) is -2.82. The summed E-state index contributed by atoms with van der Waals surface area (Å²) in [6.07, 6.45) is 0. The number of halogens is 3. The Morgan fingerprint density at radius 1 is 1.17 bits per heavy atom. The summed E-state index contributed by atoms with van der Waals surface area (Å²) in [6, 6.07) is 7.64. The Balaban J connectivity index is 2.17. The smallest absolute Gasteiger partial charge is 0.387 e. The van der Waals surface area contributed by atoms with Crippen LogP contribution >= 0.6 is 22.9 Å². The van der Waals surface area contributed by atoms with E-state index in [0.717, 1.165) is 10.4 Å². The molecular formula is C12H10ClF2NOS. The summed E-state index contributed by atoms with van der Waals surface area (Å²) in [5.74, 6) is 0.109. The largest absolute Gasteiger partial charge is 0.435 e. The number of hydrogen-bond donors (Lipinski definition) is 1. The molecule has 0 spiro atoms. The number of alkyl halides is 2. The monoisotopic (exact) mass is 289 g/mol. The highest BCUT2D eigenvalue weighted by Gasteiger charge is 2.14. The Bertz CT molecular complexity index is 515. The molecule has 18 heavy (non-hydrogen) atoms. The lowest BCUT2D eigenvalue weighted by Crippen LogP contribution is -2.10. The van der Waals surface area contributed by atoms with Gasteiger partial charge in [-0.05, 0) is 29.1 Å². The molecule has 2 nitrogen and oxygen atoms in total. The van der Waals surface area contributed by atoms with Gasteiger partial charge in [0.2, 0.25) is 0 Å². The van der Waals surface area contributed by atoms with E-state index < -0.39 is 6.61 Å². The van der Waals surface area contributed by atoms with Crippen LogP contribution in [0, 0.1) is 0 Å². The van der Waals surface area contributed by atoms with Gasteiger partial charge in [0.15, 0.2) is 0 Å². The summed E-state index contributed by atoms with van der Waals surface area (Å²) in [4.78, 5) is 0.846. The summed E-state index contributed by atoms with van der Waals surface area (Å²) in [5.41, 5.74) is 6.84. The van der Waals surface area contributed by atoms with Gasteiger partial charge in [0.1, 0.15) is 5.75 Å². The molecule has 0 aliphatic rings. The number of benzene rings is 1. The van der Waals surface area contributed by atoms with E-state index in [1.165, 1.54) is 23.5 Å². The molecule has 0 bridgehead atoms. The maximum atomic E-state index is 12.0. The Kier molecular flexibility index (Phi) is 4.16. The first-order valence-electron chi connectivity index (χ1n) is 5.11. The highest BCUT2D eigenvalue weighted by atomic mass is 35.5. The van der Waals surface area contributed by atoms with Crippen LogP contribution < -0.4 is 10.5 Å². The average Bonchev–Trinajstić information content (AvgIpc) is 2.75. The van der Waals surface area contributed by atoms with Crippen molar-refractivity contribution in [2.24, 2.45) is 5.73 Å². The van der Waals surface area contributed by atoms with Crippen LogP contribution in [0.4, 0.5) is 8.78 Å². The molecule has 2 rings (SSSR count). The van der Waals surface area contributed by atoms with Gasteiger partial charge >= 0.3 is 6.61 Å². The van der Waals surface area contributed by atoms with E-state index in [1.54, 1.807) is 18.2 Å². The normalized spacial score (nSPS) is 12.7. The van der Waals surface area contributed by atoms with Gasteiger partial charge in [0.05, 0.1) is 11.1 Å². The molecule has 0 radical (unpaired) electrons. The highest BCUT2D eigenvalue weighted by Crippen LogP contribution is 2.31. The Morgan fingerprint density at radius 3 is 2.33 bits per heavy atom. The molecule has 6 heteroatoms. The van der Waals surface area contributed by atoms with Crippen molar-refractivity contribution >= 4 is 22.9 Å². The summed E-state index contributed by atoms with van der Waals surface area (Å²) < 4.78 is 28.3. The molecule has 1 unspecified atom stereocenters. The van der Waals surface area contributed by atoms with Crippen molar-refractivity contribution < 1.29 is 13.5 Å². The number of ether oxygens (including phenoxy) is 1. The molecule has 1 heterocycles. The first-order chi connectivity index (χ1) is 8.58. The maximum absolute atomic E-state index is 12.0. The van der Waals surface area contributed by atoms with E-state index in [4.69, 9.17) is 17.3 Å². The zero-order valence-electron chi connectivity index (χ0n) is 9.15. The van der Waals surface area contributed by atoms with Crippen molar-refractivity contribution in [3.05, 3.63) is 51.2 Å². The molecule has 1 atom stereocenters. The molecule has 2 N–H and O–H groups in total. The average molecular weight is 290 g/mol. The van der Waals surface area contributed by atoms with Crippen LogP contribution in [0.25, 0.3) is 0 Å². The quantitative estimate of drug-likeness (QED) is 0.921. The van der Waals surface area contributed by atoms with Gasteiger partial charge in [0.25, 0.3) is 0 Å². The standard InChI is InChI=1S/C12H10ClF2NOS/c13-9-5-6-18-11(9)10(16)7-1-3-8(4-2-7)17-12(14)15/h1-6,10,12H,16H2. The third kappa shape index (κ3) is 2.98. The van der Waals surface area contributed by atoms with E-state index in [2.05, 4.69) is 4.74 Å². The minimum absolute atomic E-state index is 0.109. The van der Waals surface area contributed by atoms with Crippen LogP contribution in [-0.2, 0) is 0 Å². The van der Waals surface area contributed by atoms with Gasteiger partial charge in [-0.2, -0.15) is 8.78 Å². The SMILES string of the molecule is NC(c1ccc(OC(F)F)cc1)c1sccc1Cl. The number of hydrogen-bond acceptors (Lipinski definition) is 3. The molecule has 1 aromatic carbocycles. The predicted molar refractivity (Wildman–Crippen MR) is 68.4 cm³/mol. The minimum Gasteiger partial charge on any atom is -0.435 e.